The molecule has 0 bridgehead atoms. The van der Waals surface area contributed by atoms with Crippen LogP contribution in [0.5, 0.6) is 0 Å². The molecule has 0 radical (unpaired) electrons. The van der Waals surface area contributed by atoms with Crippen LogP contribution in [0.3, 0.4) is 0 Å². The van der Waals surface area contributed by atoms with Crippen LogP contribution in [0.2, 0.25) is 0 Å². The normalized spacial score (nSPS) is 32.6. The van der Waals surface area contributed by atoms with E-state index in [1.54, 1.807) is 25.2 Å². The van der Waals surface area contributed by atoms with Crippen molar-refractivity contribution < 1.29 is 27.3 Å². The van der Waals surface area contributed by atoms with E-state index in [-0.39, 0.29) is 25.7 Å². The molecule has 2 rings (SSSR count). The third-order valence-electron chi connectivity index (χ3n) is 7.29. The van der Waals surface area contributed by atoms with Gasteiger partial charge >= 0.3 is 5.97 Å². The van der Waals surface area contributed by atoms with Gasteiger partial charge in [0.1, 0.15) is 11.9 Å². The van der Waals surface area contributed by atoms with Gasteiger partial charge in [-0.15, -0.1) is 11.3 Å². The number of cyclic esters (lactones) is 1. The van der Waals surface area contributed by atoms with Crippen LogP contribution < -0.4 is 0 Å². The summed E-state index contributed by atoms with van der Waals surface area (Å²) in [6, 6.07) is 0. The number of carbonyl (C=O) groups is 2. The molecule has 0 aliphatic carbocycles. The molecule has 2 heterocycles. The van der Waals surface area contributed by atoms with Gasteiger partial charge in [-0.25, -0.2) is 4.98 Å². The van der Waals surface area contributed by atoms with E-state index in [4.69, 9.17) is 7.48 Å². The van der Waals surface area contributed by atoms with Crippen molar-refractivity contribution in [1.29, 1.82) is 0 Å². The largest absolute Gasteiger partial charge is 0.457 e. The van der Waals surface area contributed by atoms with Gasteiger partial charge in [0.15, 0.2) is 0 Å². The van der Waals surface area contributed by atoms with Crippen molar-refractivity contribution in [1.82, 2.24) is 4.98 Å². The fourth-order valence-electron chi connectivity index (χ4n) is 4.62. The zero-order valence-corrected chi connectivity index (χ0v) is 23.4. The number of allylic oxidation sites excluding steroid dienone is 1. The molecule has 6 unspecified atom stereocenters. The Labute approximate surface area is 223 Å². The topological polar surface area (TPSA) is 96.7 Å². The van der Waals surface area contributed by atoms with Gasteiger partial charge in [-0.05, 0) is 64.0 Å². The Morgan fingerprint density at radius 1 is 1.36 bits per heavy atom. The molecule has 1 aliphatic rings. The van der Waals surface area contributed by atoms with E-state index in [0.29, 0.717) is 12.8 Å². The lowest BCUT2D eigenvalue weighted by Crippen LogP contribution is -2.46. The molecule has 1 aromatic heterocycles. The lowest BCUT2D eigenvalue weighted by molar-refractivity contribution is -0.154. The summed E-state index contributed by atoms with van der Waals surface area (Å²) in [7, 11) is 0. The molecular formula is C29H45NO5S. The second kappa shape index (κ2) is 13.6. The number of esters is 1. The molecule has 36 heavy (non-hydrogen) atoms. The summed E-state index contributed by atoms with van der Waals surface area (Å²) in [6.07, 6.45) is 2.76. The molecule has 7 heteroatoms. The summed E-state index contributed by atoms with van der Waals surface area (Å²) in [4.78, 5) is 31.1. The van der Waals surface area contributed by atoms with Crippen LogP contribution in [-0.2, 0) is 14.3 Å². The predicted octanol–water partition coefficient (Wildman–Crippen LogP) is 6.05. The number of nitrogens with zero attached hydrogens (tertiary/aromatic N) is 1. The molecule has 0 saturated carbocycles. The highest BCUT2D eigenvalue weighted by atomic mass is 32.1. The molecule has 2 N–H and O–H groups in total. The van der Waals surface area contributed by atoms with E-state index < -0.39 is 47.8 Å². The van der Waals surface area contributed by atoms with Gasteiger partial charge in [-0.2, -0.15) is 0 Å². The van der Waals surface area contributed by atoms with Crippen molar-refractivity contribution >= 4 is 29.2 Å². The van der Waals surface area contributed by atoms with Gasteiger partial charge in [-0.1, -0.05) is 45.7 Å². The van der Waals surface area contributed by atoms with Gasteiger partial charge in [0.05, 0.1) is 34.7 Å². The van der Waals surface area contributed by atoms with Crippen LogP contribution in [0.1, 0.15) is 99.9 Å². The number of ketones is 1. The van der Waals surface area contributed by atoms with E-state index in [9.17, 15) is 19.8 Å². The summed E-state index contributed by atoms with van der Waals surface area (Å²) >= 11 is 1.55. The van der Waals surface area contributed by atoms with Crippen molar-refractivity contribution in [3.63, 3.8) is 0 Å². The van der Waals surface area contributed by atoms with Gasteiger partial charge in [0, 0.05) is 20.5 Å². The quantitative estimate of drug-likeness (QED) is 0.369. The second-order valence-corrected chi connectivity index (χ2v) is 11.8. The number of aliphatic hydroxyl groups is 2. The first-order valence-electron chi connectivity index (χ1n) is 14.1. The Morgan fingerprint density at radius 3 is 2.72 bits per heavy atom. The second-order valence-electron chi connectivity index (χ2n) is 10.7. The number of aryl methyl sites for hydroxylation is 1. The number of hydrogen-bond acceptors (Lipinski definition) is 7. The zero-order valence-electron chi connectivity index (χ0n) is 24.6. The van der Waals surface area contributed by atoms with E-state index in [1.807, 2.05) is 39.2 Å². The molecule has 0 aromatic carbocycles. The van der Waals surface area contributed by atoms with Crippen LogP contribution in [0.4, 0.5) is 0 Å². The summed E-state index contributed by atoms with van der Waals surface area (Å²) in [6.45, 7) is 10.7. The smallest absolute Gasteiger partial charge is 0.309 e. The third kappa shape index (κ3) is 8.35. The SMILES string of the molecule is [3H]CC([3H])CC1C(=O)C(C)(C)C(O)CC(=O)OC(/C(C)=C\c2csc(C)n2)C/C=C(/C)CCCC(C)C1O. The molecule has 0 spiro atoms. The number of Topliss-reactive ketones (excluding diaryl/α,β-unsaturated/α-hetero) is 1. The van der Waals surface area contributed by atoms with Crippen LogP contribution in [0, 0.1) is 24.2 Å². The predicted molar refractivity (Wildman–Crippen MR) is 146 cm³/mol. The lowest BCUT2D eigenvalue weighted by atomic mass is 9.71. The molecule has 1 aliphatic heterocycles. The van der Waals surface area contributed by atoms with Gasteiger partial charge < -0.3 is 14.9 Å². The number of aliphatic hydroxyl groups excluding tert-OH is 2. The van der Waals surface area contributed by atoms with E-state index in [2.05, 4.69) is 11.1 Å². The highest BCUT2D eigenvalue weighted by Gasteiger charge is 2.43. The minimum absolute atomic E-state index is 0.0372. The van der Waals surface area contributed by atoms with Crippen LogP contribution in [0.25, 0.3) is 6.08 Å². The maximum absolute atomic E-state index is 13.7. The van der Waals surface area contributed by atoms with Crippen LogP contribution in [0.15, 0.2) is 22.6 Å². The van der Waals surface area contributed by atoms with E-state index in [1.165, 1.54) is 0 Å². The first-order valence-corrected chi connectivity index (χ1v) is 13.7. The lowest BCUT2D eigenvalue weighted by Gasteiger charge is -2.36. The fourth-order valence-corrected chi connectivity index (χ4v) is 5.19. The molecule has 6 atom stereocenters. The minimum atomic E-state index is -1.35. The molecular weight excluding hydrogens is 474 g/mol. The summed E-state index contributed by atoms with van der Waals surface area (Å²) in [5.41, 5.74) is 1.44. The minimum Gasteiger partial charge on any atom is -0.457 e. The van der Waals surface area contributed by atoms with E-state index in [0.717, 1.165) is 34.7 Å². The summed E-state index contributed by atoms with van der Waals surface area (Å²) in [5.74, 6) is -2.10. The van der Waals surface area contributed by atoms with Crippen molar-refractivity contribution in [2.75, 3.05) is 0 Å². The van der Waals surface area contributed by atoms with Gasteiger partial charge in [0.2, 0.25) is 0 Å². The summed E-state index contributed by atoms with van der Waals surface area (Å²) < 4.78 is 21.5. The van der Waals surface area contributed by atoms with E-state index >= 15 is 0 Å². The Morgan fingerprint density at radius 2 is 2.08 bits per heavy atom. The standard InChI is InChI=1S/C29H45NO5S/c1-8-10-23-27(33)19(3)12-9-11-18(2)13-14-24(20(4)15-22-17-36-21(5)30-22)35-26(32)16-25(31)29(6,7)28(23)34/h13,15,17,19,23-25,27,31,33H,8-12,14,16H2,1-7H3/b18-13-,20-15-/i1T,8T. The highest BCUT2D eigenvalue weighted by Crippen LogP contribution is 2.34. The number of rotatable bonds is 4. The van der Waals surface area contributed by atoms with Crippen LogP contribution in [-0.4, -0.2) is 45.3 Å². The third-order valence-corrected chi connectivity index (χ3v) is 8.08. The van der Waals surface area contributed by atoms with Crippen molar-refractivity contribution in [2.45, 2.75) is 112 Å². The van der Waals surface area contributed by atoms with Crippen molar-refractivity contribution in [2.24, 2.45) is 17.3 Å². The highest BCUT2D eigenvalue weighted by molar-refractivity contribution is 7.09. The number of ether oxygens (including phenoxy) is 1. The molecule has 1 aromatic rings. The van der Waals surface area contributed by atoms with Gasteiger partial charge in [-0.3, -0.25) is 9.59 Å². The van der Waals surface area contributed by atoms with Gasteiger partial charge in [0.25, 0.3) is 0 Å². The molecule has 0 fully saturated rings. The maximum Gasteiger partial charge on any atom is 0.309 e. The zero-order chi connectivity index (χ0) is 28.6. The number of hydrogen-bond donors (Lipinski definition) is 2. The Kier molecular flexibility index (Phi) is 10.3. The van der Waals surface area contributed by atoms with Crippen LogP contribution >= 0.6 is 11.3 Å². The molecule has 0 saturated heterocycles. The molecule has 202 valence electrons. The maximum atomic E-state index is 13.7. The summed E-state index contributed by atoms with van der Waals surface area (Å²) in [5, 5.41) is 25.1. The molecule has 6 nitrogen and oxygen atoms in total. The molecule has 0 amide bonds. The first kappa shape index (κ1) is 27.2. The Hall–Kier alpha value is -1.83. The number of thiazole rings is 1. The number of carbonyl (C=O) groups excluding carboxylic acids is 2. The monoisotopic (exact) mass is 523 g/mol. The Balaban J connectivity index is 2.39. The first-order chi connectivity index (χ1) is 17.8. The Bertz CT molecular complexity index is 1000. The number of aromatic nitrogens is 1. The average Bonchev–Trinajstić information content (AvgIpc) is 3.27. The average molecular weight is 524 g/mol. The fraction of sp³-hybridized carbons (Fsp3) is 0.690. The van der Waals surface area contributed by atoms with Crippen molar-refractivity contribution in [3.05, 3.63) is 33.3 Å². The van der Waals surface area contributed by atoms with Crippen molar-refractivity contribution in [3.8, 4) is 0 Å².